The van der Waals surface area contributed by atoms with E-state index in [0.29, 0.717) is 29.4 Å². The maximum Gasteiger partial charge on any atom is 0.251 e. The van der Waals surface area contributed by atoms with Gasteiger partial charge in [0.05, 0.1) is 12.3 Å². The van der Waals surface area contributed by atoms with Crippen LogP contribution in [0.1, 0.15) is 27.2 Å². The van der Waals surface area contributed by atoms with E-state index in [0.717, 1.165) is 12.2 Å². The third-order valence-electron chi connectivity index (χ3n) is 3.37. The topological polar surface area (TPSA) is 47.6 Å². The average molecular weight is 325 g/mol. The molecule has 0 saturated heterocycles. The Hall–Kier alpha value is -2.75. The van der Waals surface area contributed by atoms with Crippen LogP contribution in [-0.4, -0.2) is 12.5 Å². The van der Waals surface area contributed by atoms with Crippen molar-refractivity contribution in [2.24, 2.45) is 0 Å². The SMILES string of the molecule is CCC=C(C)C(=O)Nc1ccccc1Oc1ccc(OCC)cc1. The molecule has 0 aliphatic carbocycles. The maximum atomic E-state index is 12.2. The lowest BCUT2D eigenvalue weighted by molar-refractivity contribution is -0.112. The molecule has 126 valence electrons. The maximum absolute atomic E-state index is 12.2. The number of ether oxygens (including phenoxy) is 2. The number of para-hydroxylation sites is 2. The number of carbonyl (C=O) groups excluding carboxylic acids is 1. The molecule has 0 heterocycles. The van der Waals surface area contributed by atoms with E-state index in [-0.39, 0.29) is 5.91 Å². The third kappa shape index (κ3) is 4.88. The highest BCUT2D eigenvalue weighted by Gasteiger charge is 2.09. The van der Waals surface area contributed by atoms with Gasteiger partial charge < -0.3 is 14.8 Å². The number of amides is 1. The molecule has 0 unspecified atom stereocenters. The number of carbonyl (C=O) groups is 1. The van der Waals surface area contributed by atoms with Crippen molar-refractivity contribution in [3.8, 4) is 17.2 Å². The lowest BCUT2D eigenvalue weighted by Gasteiger charge is -2.13. The van der Waals surface area contributed by atoms with Crippen molar-refractivity contribution in [3.05, 3.63) is 60.2 Å². The van der Waals surface area contributed by atoms with Gasteiger partial charge in [-0.25, -0.2) is 0 Å². The Morgan fingerprint density at radius 2 is 1.71 bits per heavy atom. The van der Waals surface area contributed by atoms with Crippen molar-refractivity contribution in [1.29, 1.82) is 0 Å². The predicted octanol–water partition coefficient (Wildman–Crippen LogP) is 5.17. The summed E-state index contributed by atoms with van der Waals surface area (Å²) in [4.78, 5) is 12.2. The number of anilines is 1. The van der Waals surface area contributed by atoms with Gasteiger partial charge >= 0.3 is 0 Å². The molecule has 4 heteroatoms. The van der Waals surface area contributed by atoms with Crippen molar-refractivity contribution >= 4 is 11.6 Å². The van der Waals surface area contributed by atoms with Crippen LogP contribution in [0.4, 0.5) is 5.69 Å². The lowest BCUT2D eigenvalue weighted by Crippen LogP contribution is -2.13. The van der Waals surface area contributed by atoms with Crippen LogP contribution < -0.4 is 14.8 Å². The normalized spacial score (nSPS) is 11.0. The first-order valence-electron chi connectivity index (χ1n) is 8.12. The van der Waals surface area contributed by atoms with E-state index in [1.807, 2.05) is 68.5 Å². The summed E-state index contributed by atoms with van der Waals surface area (Å²) in [6.07, 6.45) is 2.72. The van der Waals surface area contributed by atoms with Crippen molar-refractivity contribution in [3.63, 3.8) is 0 Å². The van der Waals surface area contributed by atoms with Gasteiger partial charge in [-0.05, 0) is 56.7 Å². The van der Waals surface area contributed by atoms with Crippen LogP contribution >= 0.6 is 0 Å². The summed E-state index contributed by atoms with van der Waals surface area (Å²) >= 11 is 0. The van der Waals surface area contributed by atoms with Crippen LogP contribution in [0.5, 0.6) is 17.2 Å². The fraction of sp³-hybridized carbons (Fsp3) is 0.250. The van der Waals surface area contributed by atoms with Gasteiger partial charge in [0.2, 0.25) is 0 Å². The van der Waals surface area contributed by atoms with Gasteiger partial charge in [0, 0.05) is 5.57 Å². The lowest BCUT2D eigenvalue weighted by atomic mass is 10.2. The molecule has 0 aromatic heterocycles. The number of rotatable bonds is 7. The Bertz CT molecular complexity index is 705. The summed E-state index contributed by atoms with van der Waals surface area (Å²) in [6.45, 7) is 6.37. The van der Waals surface area contributed by atoms with Gasteiger partial charge in [0.1, 0.15) is 11.5 Å². The van der Waals surface area contributed by atoms with Gasteiger partial charge in [-0.15, -0.1) is 0 Å². The molecule has 24 heavy (non-hydrogen) atoms. The second kappa shape index (κ2) is 8.77. The Morgan fingerprint density at radius 3 is 2.38 bits per heavy atom. The Kier molecular flexibility index (Phi) is 6.43. The highest BCUT2D eigenvalue weighted by atomic mass is 16.5. The molecule has 1 amide bonds. The van der Waals surface area contributed by atoms with Crippen LogP contribution in [0.3, 0.4) is 0 Å². The van der Waals surface area contributed by atoms with E-state index in [2.05, 4.69) is 5.32 Å². The molecule has 2 rings (SSSR count). The highest BCUT2D eigenvalue weighted by Crippen LogP contribution is 2.30. The van der Waals surface area contributed by atoms with E-state index < -0.39 is 0 Å². The molecule has 0 aliphatic rings. The minimum atomic E-state index is -0.125. The molecule has 0 bridgehead atoms. The summed E-state index contributed by atoms with van der Waals surface area (Å²) in [6, 6.07) is 14.8. The van der Waals surface area contributed by atoms with Crippen LogP contribution in [0, 0.1) is 0 Å². The Morgan fingerprint density at radius 1 is 1.04 bits per heavy atom. The van der Waals surface area contributed by atoms with Crippen molar-refractivity contribution in [2.75, 3.05) is 11.9 Å². The molecule has 2 aromatic rings. The Labute approximate surface area is 143 Å². The summed E-state index contributed by atoms with van der Waals surface area (Å²) < 4.78 is 11.3. The van der Waals surface area contributed by atoms with Gasteiger partial charge in [-0.1, -0.05) is 25.1 Å². The zero-order valence-electron chi connectivity index (χ0n) is 14.3. The fourth-order valence-corrected chi connectivity index (χ4v) is 2.18. The largest absolute Gasteiger partial charge is 0.494 e. The molecule has 2 aromatic carbocycles. The zero-order chi connectivity index (χ0) is 17.4. The number of benzene rings is 2. The fourth-order valence-electron chi connectivity index (χ4n) is 2.18. The molecule has 0 atom stereocenters. The molecule has 0 aliphatic heterocycles. The first kappa shape index (κ1) is 17.6. The first-order valence-corrected chi connectivity index (χ1v) is 8.12. The van der Waals surface area contributed by atoms with Crippen molar-refractivity contribution in [2.45, 2.75) is 27.2 Å². The van der Waals surface area contributed by atoms with Gasteiger partial charge in [0.25, 0.3) is 5.91 Å². The Balaban J connectivity index is 2.13. The monoisotopic (exact) mass is 325 g/mol. The third-order valence-corrected chi connectivity index (χ3v) is 3.37. The van der Waals surface area contributed by atoms with Gasteiger partial charge in [-0.2, -0.15) is 0 Å². The molecule has 0 fully saturated rings. The minimum Gasteiger partial charge on any atom is -0.494 e. The molecule has 1 N–H and O–H groups in total. The average Bonchev–Trinajstić information content (AvgIpc) is 2.59. The number of hydrogen-bond donors (Lipinski definition) is 1. The van der Waals surface area contributed by atoms with Crippen molar-refractivity contribution in [1.82, 2.24) is 0 Å². The summed E-state index contributed by atoms with van der Waals surface area (Å²) in [5.74, 6) is 1.95. The predicted molar refractivity (Wildman–Crippen MR) is 96.8 cm³/mol. The van der Waals surface area contributed by atoms with Gasteiger partial charge in [-0.3, -0.25) is 4.79 Å². The summed E-state index contributed by atoms with van der Waals surface area (Å²) in [5.41, 5.74) is 1.33. The molecule has 4 nitrogen and oxygen atoms in total. The zero-order valence-corrected chi connectivity index (χ0v) is 14.3. The summed E-state index contributed by atoms with van der Waals surface area (Å²) in [7, 11) is 0. The molecule has 0 radical (unpaired) electrons. The summed E-state index contributed by atoms with van der Waals surface area (Å²) in [5, 5.41) is 2.89. The van der Waals surface area contributed by atoms with Crippen molar-refractivity contribution < 1.29 is 14.3 Å². The van der Waals surface area contributed by atoms with Crippen LogP contribution in [0.25, 0.3) is 0 Å². The minimum absolute atomic E-state index is 0.125. The van der Waals surface area contributed by atoms with Gasteiger partial charge in [0.15, 0.2) is 5.75 Å². The van der Waals surface area contributed by atoms with Crippen LogP contribution in [-0.2, 0) is 4.79 Å². The van der Waals surface area contributed by atoms with E-state index in [1.165, 1.54) is 0 Å². The first-order chi connectivity index (χ1) is 11.6. The molecular weight excluding hydrogens is 302 g/mol. The van der Waals surface area contributed by atoms with Crippen LogP contribution in [0.15, 0.2) is 60.2 Å². The molecule has 0 spiro atoms. The highest BCUT2D eigenvalue weighted by molar-refractivity contribution is 6.04. The molecular formula is C20H23NO3. The number of nitrogens with one attached hydrogen (secondary N) is 1. The molecule has 0 saturated carbocycles. The smallest absolute Gasteiger partial charge is 0.251 e. The van der Waals surface area contributed by atoms with Crippen LogP contribution in [0.2, 0.25) is 0 Å². The quantitative estimate of drug-likeness (QED) is 0.714. The standard InChI is InChI=1S/C20H23NO3/c1-4-8-15(3)20(22)21-18-9-6-7-10-19(18)24-17-13-11-16(12-14-17)23-5-2/h6-14H,4-5H2,1-3H3,(H,21,22). The second-order valence-corrected chi connectivity index (χ2v) is 5.25. The second-order valence-electron chi connectivity index (χ2n) is 5.25. The van der Waals surface area contributed by atoms with E-state index in [9.17, 15) is 4.79 Å². The van der Waals surface area contributed by atoms with E-state index >= 15 is 0 Å². The van der Waals surface area contributed by atoms with E-state index in [1.54, 1.807) is 6.92 Å². The van der Waals surface area contributed by atoms with E-state index in [4.69, 9.17) is 9.47 Å². The number of allylic oxidation sites excluding steroid dienone is 1. The number of hydrogen-bond acceptors (Lipinski definition) is 3.